The number of thioether (sulfide) groups is 1. The summed E-state index contributed by atoms with van der Waals surface area (Å²) in [6, 6.07) is 12.0. The highest BCUT2D eigenvalue weighted by atomic mass is 32.2. The van der Waals surface area contributed by atoms with Crippen LogP contribution in [0.25, 0.3) is 5.78 Å². The molecule has 0 unspecified atom stereocenters. The van der Waals surface area contributed by atoms with Gasteiger partial charge in [-0.1, -0.05) is 42.1 Å². The van der Waals surface area contributed by atoms with Crippen molar-refractivity contribution in [1.82, 2.24) is 25.0 Å². The van der Waals surface area contributed by atoms with Gasteiger partial charge in [0.05, 0.1) is 0 Å². The monoisotopic (exact) mass is 345 g/mol. The Hall–Kier alpha value is -2.39. The Morgan fingerprint density at radius 3 is 2.83 bits per heavy atom. The summed E-state index contributed by atoms with van der Waals surface area (Å²) in [5, 5.41) is 5.27. The lowest BCUT2D eigenvalue weighted by atomic mass is 10.2. The highest BCUT2D eigenvalue weighted by Crippen LogP contribution is 2.21. The molecule has 0 atom stereocenters. The fraction of sp³-hybridized carbons (Fsp3) is 0.143. The van der Waals surface area contributed by atoms with Crippen molar-refractivity contribution in [2.24, 2.45) is 5.73 Å². The standard InChI is InChI=1S/C14H15N7S2/c1-9-7-11(18-19-12(15)22)21-13(16-9)17-14(20-21)23-8-10-5-3-2-4-6-10/h2-7,18H,8H2,1H3,(H3,15,19,22). The van der Waals surface area contributed by atoms with Crippen molar-refractivity contribution in [2.45, 2.75) is 17.8 Å². The molecule has 3 aromatic rings. The fourth-order valence-electron chi connectivity index (χ4n) is 1.97. The molecule has 23 heavy (non-hydrogen) atoms. The molecule has 2 heterocycles. The Bertz CT molecular complexity index is 832. The molecule has 2 aromatic heterocycles. The van der Waals surface area contributed by atoms with Crippen LogP contribution in [0.2, 0.25) is 0 Å². The number of thiocarbonyl (C=S) groups is 1. The van der Waals surface area contributed by atoms with E-state index in [1.807, 2.05) is 31.2 Å². The molecule has 0 aliphatic heterocycles. The van der Waals surface area contributed by atoms with Crippen LogP contribution in [0, 0.1) is 6.92 Å². The van der Waals surface area contributed by atoms with Gasteiger partial charge in [0.1, 0.15) is 0 Å². The highest BCUT2D eigenvalue weighted by molar-refractivity contribution is 7.98. The first-order valence-corrected chi connectivity index (χ1v) is 8.24. The number of fused-ring (bicyclic) bond motifs is 1. The van der Waals surface area contributed by atoms with Crippen LogP contribution in [0.3, 0.4) is 0 Å². The lowest BCUT2D eigenvalue weighted by Crippen LogP contribution is -2.34. The molecule has 0 aliphatic carbocycles. The number of nitrogens with zero attached hydrogens (tertiary/aromatic N) is 4. The number of hydrogen-bond donors (Lipinski definition) is 3. The first-order chi connectivity index (χ1) is 11.1. The fourth-order valence-corrected chi connectivity index (χ4v) is 2.79. The minimum absolute atomic E-state index is 0.145. The summed E-state index contributed by atoms with van der Waals surface area (Å²) in [4.78, 5) is 8.83. The molecule has 0 radical (unpaired) electrons. The van der Waals surface area contributed by atoms with Crippen molar-refractivity contribution < 1.29 is 0 Å². The van der Waals surface area contributed by atoms with E-state index in [4.69, 9.17) is 18.0 Å². The Morgan fingerprint density at radius 1 is 1.30 bits per heavy atom. The molecule has 0 spiro atoms. The maximum atomic E-state index is 5.43. The summed E-state index contributed by atoms with van der Waals surface area (Å²) in [6.07, 6.45) is 0. The van der Waals surface area contributed by atoms with Crippen LogP contribution < -0.4 is 16.6 Å². The number of benzene rings is 1. The molecule has 0 saturated heterocycles. The van der Waals surface area contributed by atoms with Crippen LogP contribution in [-0.2, 0) is 5.75 Å². The molecule has 0 fully saturated rings. The number of rotatable bonds is 5. The number of aromatic nitrogens is 4. The molecule has 7 nitrogen and oxygen atoms in total. The van der Waals surface area contributed by atoms with Crippen LogP contribution in [0.1, 0.15) is 11.3 Å². The number of aryl methyl sites for hydroxylation is 1. The molecule has 1 aromatic carbocycles. The second-order valence-corrected chi connectivity index (χ2v) is 6.16. The van der Waals surface area contributed by atoms with E-state index in [2.05, 4.69) is 38.1 Å². The van der Waals surface area contributed by atoms with E-state index >= 15 is 0 Å². The van der Waals surface area contributed by atoms with Gasteiger partial charge in [0.25, 0.3) is 5.78 Å². The van der Waals surface area contributed by atoms with Gasteiger partial charge in [-0.2, -0.15) is 9.50 Å². The predicted molar refractivity (Wildman–Crippen MR) is 95.1 cm³/mol. The van der Waals surface area contributed by atoms with Crippen LogP contribution in [0.15, 0.2) is 41.6 Å². The van der Waals surface area contributed by atoms with Gasteiger partial charge in [-0.25, -0.2) is 4.98 Å². The molecular weight excluding hydrogens is 330 g/mol. The van der Waals surface area contributed by atoms with Gasteiger partial charge < -0.3 is 5.73 Å². The number of nitrogens with one attached hydrogen (secondary N) is 2. The van der Waals surface area contributed by atoms with Crippen molar-refractivity contribution in [3.63, 3.8) is 0 Å². The van der Waals surface area contributed by atoms with Gasteiger partial charge in [-0.3, -0.25) is 10.9 Å². The van der Waals surface area contributed by atoms with E-state index in [-0.39, 0.29) is 5.11 Å². The van der Waals surface area contributed by atoms with Crippen molar-refractivity contribution in [2.75, 3.05) is 5.43 Å². The second-order valence-electron chi connectivity index (χ2n) is 4.78. The average molecular weight is 345 g/mol. The molecule has 3 rings (SSSR count). The van der Waals surface area contributed by atoms with Gasteiger partial charge in [0, 0.05) is 17.5 Å². The summed E-state index contributed by atoms with van der Waals surface area (Å²) in [7, 11) is 0. The Morgan fingerprint density at radius 2 is 2.09 bits per heavy atom. The van der Waals surface area contributed by atoms with Crippen molar-refractivity contribution in [3.05, 3.63) is 47.7 Å². The maximum absolute atomic E-state index is 5.43. The zero-order valence-corrected chi connectivity index (χ0v) is 14.0. The van der Waals surface area contributed by atoms with E-state index < -0.39 is 0 Å². The number of nitrogens with two attached hydrogens (primary N) is 1. The minimum Gasteiger partial charge on any atom is -0.375 e. The molecule has 118 valence electrons. The predicted octanol–water partition coefficient (Wildman–Crippen LogP) is 1.89. The molecule has 0 aliphatic rings. The summed E-state index contributed by atoms with van der Waals surface area (Å²) in [5.41, 5.74) is 13.1. The normalized spacial score (nSPS) is 10.7. The minimum atomic E-state index is 0.145. The largest absolute Gasteiger partial charge is 0.375 e. The Labute approximate surface area is 142 Å². The van der Waals surface area contributed by atoms with Crippen molar-refractivity contribution >= 4 is 40.7 Å². The summed E-state index contributed by atoms with van der Waals surface area (Å²) < 4.78 is 1.62. The summed E-state index contributed by atoms with van der Waals surface area (Å²) in [6.45, 7) is 1.89. The van der Waals surface area contributed by atoms with Gasteiger partial charge >= 0.3 is 0 Å². The SMILES string of the molecule is Cc1cc(NNC(N)=S)n2nc(SCc3ccccc3)nc2n1. The third-order valence-electron chi connectivity index (χ3n) is 2.95. The highest BCUT2D eigenvalue weighted by Gasteiger charge is 2.10. The van der Waals surface area contributed by atoms with Crippen LogP contribution in [0.5, 0.6) is 0 Å². The van der Waals surface area contributed by atoms with Gasteiger partial charge in [-0.05, 0) is 24.7 Å². The number of anilines is 1. The van der Waals surface area contributed by atoms with Crippen LogP contribution >= 0.6 is 24.0 Å². The molecule has 9 heteroatoms. The first kappa shape index (κ1) is 15.5. The molecule has 4 N–H and O–H groups in total. The third-order valence-corrected chi connectivity index (χ3v) is 3.96. The lowest BCUT2D eigenvalue weighted by Gasteiger charge is -2.08. The topological polar surface area (TPSA) is 93.2 Å². The quantitative estimate of drug-likeness (QED) is 0.367. The zero-order chi connectivity index (χ0) is 16.2. The smallest absolute Gasteiger partial charge is 0.255 e. The molecule has 0 saturated carbocycles. The van der Waals surface area contributed by atoms with Gasteiger partial charge in [0.15, 0.2) is 10.9 Å². The first-order valence-electron chi connectivity index (χ1n) is 6.84. The Kier molecular flexibility index (Phi) is 4.58. The second kappa shape index (κ2) is 6.80. The van der Waals surface area contributed by atoms with E-state index in [1.54, 1.807) is 16.3 Å². The van der Waals surface area contributed by atoms with Gasteiger partial charge in [0.2, 0.25) is 5.16 Å². The maximum Gasteiger partial charge on any atom is 0.255 e. The van der Waals surface area contributed by atoms with E-state index in [9.17, 15) is 0 Å². The van der Waals surface area contributed by atoms with E-state index in [1.165, 1.54) is 5.56 Å². The molecular formula is C14H15N7S2. The van der Waals surface area contributed by atoms with Gasteiger partial charge in [-0.15, -0.1) is 5.10 Å². The number of hydrogen-bond acceptors (Lipinski definition) is 6. The molecule has 0 amide bonds. The number of hydrazine groups is 1. The Balaban J connectivity index is 1.82. The van der Waals surface area contributed by atoms with E-state index in [0.717, 1.165) is 11.4 Å². The van der Waals surface area contributed by atoms with Crippen LogP contribution in [0.4, 0.5) is 5.82 Å². The summed E-state index contributed by atoms with van der Waals surface area (Å²) in [5.74, 6) is 1.98. The van der Waals surface area contributed by atoms with Crippen molar-refractivity contribution in [1.29, 1.82) is 0 Å². The van der Waals surface area contributed by atoms with Crippen molar-refractivity contribution in [3.8, 4) is 0 Å². The zero-order valence-electron chi connectivity index (χ0n) is 12.4. The summed E-state index contributed by atoms with van der Waals surface area (Å²) >= 11 is 6.35. The molecule has 0 bridgehead atoms. The van der Waals surface area contributed by atoms with Crippen LogP contribution in [-0.4, -0.2) is 24.7 Å². The van der Waals surface area contributed by atoms with E-state index in [0.29, 0.717) is 16.8 Å². The third kappa shape index (κ3) is 3.88. The average Bonchev–Trinajstić information content (AvgIpc) is 2.94. The lowest BCUT2D eigenvalue weighted by molar-refractivity contribution is 0.866.